The summed E-state index contributed by atoms with van der Waals surface area (Å²) in [6, 6.07) is 9.17. The fourth-order valence-electron chi connectivity index (χ4n) is 1.93. The van der Waals surface area contributed by atoms with Crippen LogP contribution in [0.4, 0.5) is 0 Å². The number of benzene rings is 1. The molecule has 0 atom stereocenters. The maximum atomic E-state index is 2.31. The van der Waals surface area contributed by atoms with Crippen molar-refractivity contribution < 1.29 is 0 Å². The van der Waals surface area contributed by atoms with Gasteiger partial charge in [-0.15, -0.1) is 0 Å². The zero-order valence-electron chi connectivity index (χ0n) is 10.0. The van der Waals surface area contributed by atoms with Crippen LogP contribution in [0.3, 0.4) is 0 Å². The van der Waals surface area contributed by atoms with Gasteiger partial charge in [-0.1, -0.05) is 36.8 Å². The maximum Gasteiger partial charge on any atom is -0.0162 e. The van der Waals surface area contributed by atoms with Crippen molar-refractivity contribution in [2.75, 3.05) is 0 Å². The average molecular weight is 200 g/mol. The second-order valence-corrected chi connectivity index (χ2v) is 4.66. The standard InChI is InChI=1S/C15H20/c1-4-11(2)12(3)13-5-7-14(8-6-13)15-9-10-15/h5-8,15H,4,9-10H2,1-3H3/b12-11-. The molecule has 1 fully saturated rings. The first-order valence-corrected chi connectivity index (χ1v) is 5.99. The van der Waals surface area contributed by atoms with Gasteiger partial charge in [0, 0.05) is 0 Å². The highest BCUT2D eigenvalue weighted by atomic mass is 14.3. The summed E-state index contributed by atoms with van der Waals surface area (Å²) in [6.45, 7) is 6.67. The predicted octanol–water partition coefficient (Wildman–Crippen LogP) is 4.77. The van der Waals surface area contributed by atoms with E-state index in [0.29, 0.717) is 0 Å². The van der Waals surface area contributed by atoms with Gasteiger partial charge in [0.25, 0.3) is 0 Å². The van der Waals surface area contributed by atoms with Gasteiger partial charge in [0.1, 0.15) is 0 Å². The van der Waals surface area contributed by atoms with Crippen LogP contribution >= 0.6 is 0 Å². The Labute approximate surface area is 93.0 Å². The normalized spacial score (nSPS) is 17.5. The van der Waals surface area contributed by atoms with E-state index in [1.165, 1.54) is 35.1 Å². The Hall–Kier alpha value is -1.04. The molecule has 0 aliphatic heterocycles. The van der Waals surface area contributed by atoms with Gasteiger partial charge in [0.15, 0.2) is 0 Å². The number of hydrogen-bond donors (Lipinski definition) is 0. The number of allylic oxidation sites excluding steroid dienone is 2. The van der Waals surface area contributed by atoms with Crippen molar-refractivity contribution in [1.82, 2.24) is 0 Å². The predicted molar refractivity (Wildman–Crippen MR) is 67.0 cm³/mol. The molecule has 1 aliphatic rings. The van der Waals surface area contributed by atoms with Crippen LogP contribution < -0.4 is 0 Å². The summed E-state index contributed by atoms with van der Waals surface area (Å²) in [7, 11) is 0. The molecule has 0 aromatic heterocycles. The van der Waals surface area contributed by atoms with Gasteiger partial charge in [-0.05, 0) is 55.7 Å². The summed E-state index contributed by atoms with van der Waals surface area (Å²) in [4.78, 5) is 0. The van der Waals surface area contributed by atoms with E-state index in [9.17, 15) is 0 Å². The lowest BCUT2D eigenvalue weighted by atomic mass is 9.99. The minimum Gasteiger partial charge on any atom is -0.0701 e. The van der Waals surface area contributed by atoms with E-state index in [-0.39, 0.29) is 0 Å². The van der Waals surface area contributed by atoms with Crippen molar-refractivity contribution in [2.45, 2.75) is 46.0 Å². The quantitative estimate of drug-likeness (QED) is 0.659. The topological polar surface area (TPSA) is 0 Å². The third-order valence-electron chi connectivity index (χ3n) is 3.56. The molecule has 0 heteroatoms. The Morgan fingerprint density at radius 1 is 1.13 bits per heavy atom. The molecule has 0 amide bonds. The maximum absolute atomic E-state index is 2.31. The van der Waals surface area contributed by atoms with E-state index in [4.69, 9.17) is 0 Å². The molecule has 15 heavy (non-hydrogen) atoms. The van der Waals surface area contributed by atoms with Gasteiger partial charge in [-0.25, -0.2) is 0 Å². The molecular weight excluding hydrogens is 180 g/mol. The molecule has 0 unspecified atom stereocenters. The lowest BCUT2D eigenvalue weighted by molar-refractivity contribution is 1.10. The highest BCUT2D eigenvalue weighted by Gasteiger charge is 2.22. The molecule has 2 rings (SSSR count). The molecule has 0 N–H and O–H groups in total. The first-order valence-electron chi connectivity index (χ1n) is 5.99. The molecule has 0 saturated heterocycles. The van der Waals surface area contributed by atoms with Crippen molar-refractivity contribution in [2.24, 2.45) is 0 Å². The van der Waals surface area contributed by atoms with E-state index < -0.39 is 0 Å². The lowest BCUT2D eigenvalue weighted by Gasteiger charge is -2.07. The zero-order valence-corrected chi connectivity index (χ0v) is 10.0. The number of rotatable bonds is 3. The van der Waals surface area contributed by atoms with Crippen LogP contribution in [0, 0.1) is 0 Å². The van der Waals surface area contributed by atoms with Gasteiger partial charge in [-0.3, -0.25) is 0 Å². The molecule has 1 saturated carbocycles. The first-order chi connectivity index (χ1) is 7.22. The number of hydrogen-bond acceptors (Lipinski definition) is 0. The SMILES string of the molecule is CC/C(C)=C(/C)c1ccc(C2CC2)cc1. The largest absolute Gasteiger partial charge is 0.0701 e. The van der Waals surface area contributed by atoms with Crippen LogP contribution in [0.15, 0.2) is 29.8 Å². The van der Waals surface area contributed by atoms with E-state index >= 15 is 0 Å². The summed E-state index contributed by atoms with van der Waals surface area (Å²) >= 11 is 0. The summed E-state index contributed by atoms with van der Waals surface area (Å²) in [6.07, 6.45) is 3.93. The Balaban J connectivity index is 2.22. The van der Waals surface area contributed by atoms with Crippen molar-refractivity contribution in [3.8, 4) is 0 Å². The minimum atomic E-state index is 0.871. The zero-order chi connectivity index (χ0) is 10.8. The summed E-state index contributed by atoms with van der Waals surface area (Å²) in [5.74, 6) is 0.871. The van der Waals surface area contributed by atoms with Crippen LogP contribution in [-0.2, 0) is 0 Å². The van der Waals surface area contributed by atoms with Crippen molar-refractivity contribution >= 4 is 5.57 Å². The molecule has 0 nitrogen and oxygen atoms in total. The third kappa shape index (κ3) is 2.31. The monoisotopic (exact) mass is 200 g/mol. The highest BCUT2D eigenvalue weighted by molar-refractivity contribution is 5.66. The van der Waals surface area contributed by atoms with Gasteiger partial charge >= 0.3 is 0 Å². The lowest BCUT2D eigenvalue weighted by Crippen LogP contribution is -1.86. The van der Waals surface area contributed by atoms with Gasteiger partial charge in [-0.2, -0.15) is 0 Å². The minimum absolute atomic E-state index is 0.871. The molecule has 1 aliphatic carbocycles. The Morgan fingerprint density at radius 3 is 2.20 bits per heavy atom. The molecule has 0 bridgehead atoms. The second kappa shape index (κ2) is 4.22. The van der Waals surface area contributed by atoms with E-state index in [2.05, 4.69) is 45.0 Å². The van der Waals surface area contributed by atoms with Gasteiger partial charge in [0.05, 0.1) is 0 Å². The van der Waals surface area contributed by atoms with Crippen LogP contribution in [0.5, 0.6) is 0 Å². The fraction of sp³-hybridized carbons (Fsp3) is 0.467. The van der Waals surface area contributed by atoms with Gasteiger partial charge < -0.3 is 0 Å². The van der Waals surface area contributed by atoms with Crippen LogP contribution in [0.25, 0.3) is 5.57 Å². The van der Waals surface area contributed by atoms with Crippen molar-refractivity contribution in [3.05, 3.63) is 41.0 Å². The summed E-state index contributed by atoms with van der Waals surface area (Å²) in [5.41, 5.74) is 5.86. The van der Waals surface area contributed by atoms with Crippen LogP contribution in [-0.4, -0.2) is 0 Å². The Kier molecular flexibility index (Phi) is 2.95. The van der Waals surface area contributed by atoms with Crippen molar-refractivity contribution in [3.63, 3.8) is 0 Å². The molecular formula is C15H20. The molecule has 1 aromatic rings. The molecule has 80 valence electrons. The van der Waals surface area contributed by atoms with E-state index in [1.807, 2.05) is 0 Å². The smallest absolute Gasteiger partial charge is 0.0162 e. The van der Waals surface area contributed by atoms with Crippen LogP contribution in [0.2, 0.25) is 0 Å². The van der Waals surface area contributed by atoms with Crippen LogP contribution in [0.1, 0.15) is 57.1 Å². The third-order valence-corrected chi connectivity index (χ3v) is 3.56. The molecule has 0 radical (unpaired) electrons. The van der Waals surface area contributed by atoms with E-state index in [0.717, 1.165) is 12.3 Å². The summed E-state index contributed by atoms with van der Waals surface area (Å²) in [5, 5.41) is 0. The molecule has 0 heterocycles. The van der Waals surface area contributed by atoms with Crippen molar-refractivity contribution in [1.29, 1.82) is 0 Å². The Morgan fingerprint density at radius 2 is 1.73 bits per heavy atom. The van der Waals surface area contributed by atoms with Gasteiger partial charge in [0.2, 0.25) is 0 Å². The fourth-order valence-corrected chi connectivity index (χ4v) is 1.93. The highest BCUT2D eigenvalue weighted by Crippen LogP contribution is 2.40. The van der Waals surface area contributed by atoms with E-state index in [1.54, 1.807) is 0 Å². The molecule has 1 aromatic carbocycles. The Bertz CT molecular complexity index is 364. The average Bonchev–Trinajstić information content (AvgIpc) is 3.11. The second-order valence-electron chi connectivity index (χ2n) is 4.66. The molecule has 0 spiro atoms. The first kappa shape index (κ1) is 10.5. The summed E-state index contributed by atoms with van der Waals surface area (Å²) < 4.78 is 0.